The molecule has 23 aromatic carbocycles. The van der Waals surface area contributed by atoms with E-state index >= 15 is 0 Å². The van der Waals surface area contributed by atoms with Crippen LogP contribution in [-0.2, 0) is 0 Å². The van der Waals surface area contributed by atoms with Crippen molar-refractivity contribution < 1.29 is 0 Å². The molecule has 0 fully saturated rings. The van der Waals surface area contributed by atoms with Gasteiger partial charge in [0.25, 0.3) is 0 Å². The van der Waals surface area contributed by atoms with Gasteiger partial charge < -0.3 is 27.4 Å². The lowest BCUT2D eigenvalue weighted by Gasteiger charge is -2.14. The van der Waals surface area contributed by atoms with Crippen molar-refractivity contribution in [2.75, 3.05) is 0 Å². The molecule has 0 saturated carbocycles. The van der Waals surface area contributed by atoms with Crippen molar-refractivity contribution in [1.82, 2.24) is 27.4 Å². The highest BCUT2D eigenvalue weighted by Crippen LogP contribution is 2.49. The molecule has 0 atom stereocenters. The van der Waals surface area contributed by atoms with Gasteiger partial charge in [-0.1, -0.05) is 315 Å². The molecule has 0 radical (unpaired) electrons. The van der Waals surface area contributed by atoms with E-state index in [9.17, 15) is 0 Å². The molecule has 0 aliphatic rings. The highest BCUT2D eigenvalue weighted by Gasteiger charge is 2.26. The fourth-order valence-electron chi connectivity index (χ4n) is 23.8. The third kappa shape index (κ3) is 13.7. The van der Waals surface area contributed by atoms with Crippen LogP contribution in [-0.4, -0.2) is 27.4 Å². The molecular formula is C138H86N6S3. The van der Waals surface area contributed by atoms with Crippen molar-refractivity contribution in [1.29, 1.82) is 0 Å². The van der Waals surface area contributed by atoms with Crippen LogP contribution in [0, 0.1) is 0 Å². The summed E-state index contributed by atoms with van der Waals surface area (Å²) in [6, 6.07) is 191. The molecule has 9 aromatic heterocycles. The van der Waals surface area contributed by atoms with E-state index in [-0.39, 0.29) is 0 Å². The molecule has 0 amide bonds. The van der Waals surface area contributed by atoms with E-state index in [1.54, 1.807) is 0 Å². The first-order valence-corrected chi connectivity index (χ1v) is 52.7. The maximum Gasteiger partial charge on any atom is 0.0555 e. The predicted octanol–water partition coefficient (Wildman–Crippen LogP) is 39.1. The van der Waals surface area contributed by atoms with Crippen LogP contribution < -0.4 is 0 Å². The third-order valence-electron chi connectivity index (χ3n) is 30.3. The van der Waals surface area contributed by atoms with Gasteiger partial charge in [-0.3, -0.25) is 0 Å². The summed E-state index contributed by atoms with van der Waals surface area (Å²) in [4.78, 5) is 0. The van der Waals surface area contributed by atoms with Gasteiger partial charge in [-0.15, -0.1) is 34.0 Å². The van der Waals surface area contributed by atoms with Gasteiger partial charge in [0.2, 0.25) is 0 Å². The Morgan fingerprint density at radius 2 is 0.367 bits per heavy atom. The zero-order chi connectivity index (χ0) is 96.4. The van der Waals surface area contributed by atoms with E-state index in [0.29, 0.717) is 0 Å². The van der Waals surface area contributed by atoms with Crippen molar-refractivity contribution in [2.45, 2.75) is 0 Å². The van der Waals surface area contributed by atoms with E-state index in [0.717, 1.165) is 5.69 Å². The zero-order valence-corrected chi connectivity index (χ0v) is 82.0. The van der Waals surface area contributed by atoms with Crippen molar-refractivity contribution >= 4 is 225 Å². The van der Waals surface area contributed by atoms with Crippen molar-refractivity contribution in [3.05, 3.63) is 522 Å². The third-order valence-corrected chi connectivity index (χ3v) is 33.8. The second-order valence-corrected chi connectivity index (χ2v) is 41.7. The number of hydrogen-bond donors (Lipinski definition) is 0. The van der Waals surface area contributed by atoms with E-state index in [1.165, 1.54) is 275 Å². The molecule has 0 unspecified atom stereocenters. The minimum absolute atomic E-state index is 1.16. The first-order chi connectivity index (χ1) is 72.9. The van der Waals surface area contributed by atoms with Gasteiger partial charge in [-0.05, 0) is 256 Å². The van der Waals surface area contributed by atoms with Gasteiger partial charge in [0.05, 0.1) is 77.6 Å². The number of nitrogens with zero attached hydrogens (tertiary/aromatic N) is 6. The normalized spacial score (nSPS) is 11.9. The van der Waals surface area contributed by atoms with Crippen LogP contribution in [0.5, 0.6) is 0 Å². The zero-order valence-electron chi connectivity index (χ0n) is 79.6. The lowest BCUT2D eigenvalue weighted by atomic mass is 10.0. The highest BCUT2D eigenvalue weighted by molar-refractivity contribution is 7.26. The summed E-state index contributed by atoms with van der Waals surface area (Å²) in [6.45, 7) is 0. The molecule has 9 heteroatoms. The Balaban J connectivity index is 0.000000102. The summed E-state index contributed by atoms with van der Waals surface area (Å²) < 4.78 is 22.5. The molecule has 147 heavy (non-hydrogen) atoms. The van der Waals surface area contributed by atoms with Gasteiger partial charge in [-0.25, -0.2) is 0 Å². The Hall–Kier alpha value is -18.5. The first kappa shape index (κ1) is 84.2. The molecule has 0 aliphatic carbocycles. The van der Waals surface area contributed by atoms with Gasteiger partial charge in [-0.2, -0.15) is 0 Å². The van der Waals surface area contributed by atoms with Gasteiger partial charge in [0.1, 0.15) is 0 Å². The smallest absolute Gasteiger partial charge is 0.0555 e. The van der Waals surface area contributed by atoms with E-state index in [1.807, 2.05) is 34.0 Å². The molecule has 6 nitrogen and oxygen atoms in total. The quantitative estimate of drug-likeness (QED) is 0.124. The monoisotopic (exact) mass is 1920 g/mol. The van der Waals surface area contributed by atoms with E-state index in [2.05, 4.69) is 549 Å². The first-order valence-electron chi connectivity index (χ1n) is 50.2. The topological polar surface area (TPSA) is 29.6 Å². The molecule has 9 heterocycles. The van der Waals surface area contributed by atoms with Crippen LogP contribution in [0.15, 0.2) is 522 Å². The second kappa shape index (κ2) is 34.1. The lowest BCUT2D eigenvalue weighted by Crippen LogP contribution is -1.97. The number of hydrogen-bond acceptors (Lipinski definition) is 3. The van der Waals surface area contributed by atoms with Crippen LogP contribution in [0.4, 0.5) is 0 Å². The van der Waals surface area contributed by atoms with Crippen LogP contribution in [0.1, 0.15) is 0 Å². The minimum atomic E-state index is 1.16. The Labute approximate surface area is 857 Å². The van der Waals surface area contributed by atoms with Crippen molar-refractivity contribution in [3.63, 3.8) is 0 Å². The summed E-state index contributed by atoms with van der Waals surface area (Å²) in [5, 5.41) is 23.1. The molecular weight excluding hydrogens is 1840 g/mol. The van der Waals surface area contributed by atoms with E-state index < -0.39 is 0 Å². The number of para-hydroxylation sites is 8. The Kier molecular flexibility index (Phi) is 19.6. The lowest BCUT2D eigenvalue weighted by molar-refractivity contribution is 1.18. The molecule has 0 saturated heterocycles. The number of thiophene rings is 3. The van der Waals surface area contributed by atoms with Gasteiger partial charge in [0.15, 0.2) is 0 Å². The Morgan fingerprint density at radius 3 is 0.782 bits per heavy atom. The summed E-state index contributed by atoms with van der Waals surface area (Å²) in [5.74, 6) is 0. The van der Waals surface area contributed by atoms with Crippen LogP contribution in [0.3, 0.4) is 0 Å². The van der Waals surface area contributed by atoms with Gasteiger partial charge in [0, 0.05) is 153 Å². The Bertz CT molecular complexity index is 11000. The average molecular weight is 1920 g/mol. The standard InChI is InChI=1S/2C48H30N2S.C42H26N2S/c1-2-13-31(14-3-1)34-15-4-8-19-40(34)49-41-20-9-5-16-35(41)38-29-32(25-27-43(38)49)33-26-28-44-39(30-33)36-17-6-10-21-42(36)50(44)45-22-12-24-47-48(45)37-18-7-11-23-46(37)51-47;1-2-11-31(12-3-1)32-13-10-14-35(27-32)49-43-18-7-4-15-37(43)40-28-33(21-24-45(40)49)34-22-25-46-41(29-34)38-16-5-8-19-44(38)50(46)36-23-26-48-42(30-36)39-17-6-9-20-47(39)51-48;1-2-10-29(11-3-1)43-37-15-7-4-12-31(37)34-24-27(18-21-39(34)43)28-19-22-40-35(25-28)32-13-5-8-16-38(32)44(40)30-20-23-42-36(26-30)33-14-6-9-17-41(33)45-42/h2*1-30H;1-26H. The molecule has 0 aliphatic heterocycles. The fraction of sp³-hybridized carbons (Fsp3) is 0. The minimum Gasteiger partial charge on any atom is -0.309 e. The Morgan fingerprint density at radius 1 is 0.116 bits per heavy atom. The molecule has 686 valence electrons. The molecule has 0 N–H and O–H groups in total. The van der Waals surface area contributed by atoms with Crippen LogP contribution in [0.25, 0.3) is 281 Å². The second-order valence-electron chi connectivity index (χ2n) is 38.4. The summed E-state index contributed by atoms with van der Waals surface area (Å²) >= 11 is 5.60. The predicted molar refractivity (Wildman–Crippen MR) is 631 cm³/mol. The maximum atomic E-state index is 2.47. The summed E-state index contributed by atoms with van der Waals surface area (Å²) in [7, 11) is 0. The summed E-state index contributed by atoms with van der Waals surface area (Å²) in [5.41, 5.74) is 33.9. The van der Waals surface area contributed by atoms with Crippen LogP contribution in [0.2, 0.25) is 0 Å². The van der Waals surface area contributed by atoms with Crippen LogP contribution >= 0.6 is 34.0 Å². The average Bonchev–Trinajstić information content (AvgIpc) is 1.40. The number of rotatable bonds is 11. The highest BCUT2D eigenvalue weighted by atomic mass is 32.1. The number of benzene rings is 23. The largest absolute Gasteiger partial charge is 0.309 e. The molecule has 0 spiro atoms. The van der Waals surface area contributed by atoms with Gasteiger partial charge >= 0.3 is 0 Å². The van der Waals surface area contributed by atoms with E-state index in [4.69, 9.17) is 0 Å². The summed E-state index contributed by atoms with van der Waals surface area (Å²) in [6.07, 6.45) is 0. The molecule has 0 bridgehead atoms. The van der Waals surface area contributed by atoms with Crippen molar-refractivity contribution in [3.8, 4) is 89.8 Å². The molecule has 32 rings (SSSR count). The number of fused-ring (bicyclic) bond motifs is 27. The number of aromatic nitrogens is 6. The van der Waals surface area contributed by atoms with Crippen molar-refractivity contribution in [2.24, 2.45) is 0 Å². The SMILES string of the molecule is c1ccc(-c2cccc(-n3c4ccccc4c4cc(-c5ccc6c(c5)c5ccccc5n6-c5ccc6sc7ccccc7c6c5)ccc43)c2)cc1.c1ccc(-c2ccccc2-n2c3ccccc3c3cc(-c4ccc5c(c4)c4ccccc4n5-c4cccc5sc6ccccc6c45)ccc32)cc1.c1ccc(-n2c3ccccc3c3cc(-c4ccc5c(c4)c4ccccc4n5-c4ccc5sc6ccccc6c5c4)ccc32)cc1. The fourth-order valence-corrected chi connectivity index (χ4v) is 27.1. The maximum absolute atomic E-state index is 2.47. The molecule has 32 aromatic rings.